The van der Waals surface area contributed by atoms with E-state index in [9.17, 15) is 9.59 Å². The third kappa shape index (κ3) is 3.83. The molecule has 0 aromatic carbocycles. The lowest BCUT2D eigenvalue weighted by molar-refractivity contribution is -0.137. The van der Waals surface area contributed by atoms with E-state index in [0.717, 1.165) is 19.3 Å². The van der Waals surface area contributed by atoms with Crippen molar-refractivity contribution in [1.29, 1.82) is 0 Å². The first-order chi connectivity index (χ1) is 7.50. The molecule has 1 aliphatic heterocycles. The highest BCUT2D eigenvalue weighted by molar-refractivity contribution is 5.78. The highest BCUT2D eigenvalue weighted by Gasteiger charge is 2.32. The van der Waals surface area contributed by atoms with E-state index in [1.165, 1.54) is 0 Å². The summed E-state index contributed by atoms with van der Waals surface area (Å²) < 4.78 is 0. The molecule has 0 aromatic rings. The molecule has 1 heterocycles. The number of carbonyl (C=O) groups is 2. The second-order valence-corrected chi connectivity index (χ2v) is 4.84. The molecule has 4 heteroatoms. The first kappa shape index (κ1) is 13.0. The molecule has 1 rings (SSSR count). The van der Waals surface area contributed by atoms with Gasteiger partial charge in [-0.05, 0) is 25.2 Å². The van der Waals surface area contributed by atoms with Gasteiger partial charge in [-0.2, -0.15) is 0 Å². The highest BCUT2D eigenvalue weighted by atomic mass is 16.4. The minimum atomic E-state index is -0.723. The number of carboxylic acid groups (broad SMARTS) is 1. The zero-order valence-electron chi connectivity index (χ0n) is 10.0. The number of aliphatic carboxylic acids is 1. The summed E-state index contributed by atoms with van der Waals surface area (Å²) in [6.45, 7) is 4.20. The second kappa shape index (κ2) is 5.87. The monoisotopic (exact) mass is 227 g/mol. The van der Waals surface area contributed by atoms with Crippen LogP contribution in [0, 0.1) is 11.8 Å². The topological polar surface area (TPSA) is 66.4 Å². The lowest BCUT2D eigenvalue weighted by Gasteiger charge is -2.21. The highest BCUT2D eigenvalue weighted by Crippen LogP contribution is 2.28. The van der Waals surface area contributed by atoms with Crippen molar-refractivity contribution in [3.8, 4) is 0 Å². The normalized spacial score (nSPS) is 26.5. The largest absolute Gasteiger partial charge is 0.481 e. The average molecular weight is 227 g/mol. The number of amides is 1. The molecule has 0 spiro atoms. The maximum atomic E-state index is 11.2. The molecular formula is C12H21NO3. The summed E-state index contributed by atoms with van der Waals surface area (Å²) in [6.07, 6.45) is 3.57. The lowest BCUT2D eigenvalue weighted by Crippen LogP contribution is -2.28. The summed E-state index contributed by atoms with van der Waals surface area (Å²) in [7, 11) is 0. The molecule has 92 valence electrons. The molecule has 0 saturated carbocycles. The van der Waals surface area contributed by atoms with Gasteiger partial charge in [0.15, 0.2) is 0 Å². The number of carboxylic acids is 1. The Balaban J connectivity index is 2.22. The van der Waals surface area contributed by atoms with Gasteiger partial charge >= 0.3 is 5.97 Å². The van der Waals surface area contributed by atoms with Crippen LogP contribution in [0.5, 0.6) is 0 Å². The van der Waals surface area contributed by atoms with E-state index >= 15 is 0 Å². The van der Waals surface area contributed by atoms with E-state index in [4.69, 9.17) is 5.11 Å². The van der Waals surface area contributed by atoms with Crippen molar-refractivity contribution in [3.63, 3.8) is 0 Å². The quantitative estimate of drug-likeness (QED) is 0.680. The van der Waals surface area contributed by atoms with E-state index in [1.807, 2.05) is 6.92 Å². The van der Waals surface area contributed by atoms with Crippen LogP contribution in [0.25, 0.3) is 0 Å². The van der Waals surface area contributed by atoms with Crippen molar-refractivity contribution in [2.75, 3.05) is 0 Å². The van der Waals surface area contributed by atoms with Gasteiger partial charge in [-0.3, -0.25) is 9.59 Å². The molecule has 1 aliphatic rings. The van der Waals surface area contributed by atoms with Crippen LogP contribution in [-0.2, 0) is 9.59 Å². The van der Waals surface area contributed by atoms with Crippen LogP contribution in [0.15, 0.2) is 0 Å². The van der Waals surface area contributed by atoms with Gasteiger partial charge in [0, 0.05) is 18.9 Å². The Morgan fingerprint density at radius 3 is 2.75 bits per heavy atom. The fraction of sp³-hybridized carbons (Fsp3) is 0.833. The van der Waals surface area contributed by atoms with E-state index in [1.54, 1.807) is 0 Å². The Kier molecular flexibility index (Phi) is 4.77. The van der Waals surface area contributed by atoms with Crippen molar-refractivity contribution < 1.29 is 14.7 Å². The van der Waals surface area contributed by atoms with Crippen LogP contribution in [-0.4, -0.2) is 23.0 Å². The van der Waals surface area contributed by atoms with Gasteiger partial charge in [0.2, 0.25) is 5.91 Å². The summed E-state index contributed by atoms with van der Waals surface area (Å²) in [6, 6.07) is 0.266. The number of carbonyl (C=O) groups excluding carboxylic acids is 1. The summed E-state index contributed by atoms with van der Waals surface area (Å²) in [4.78, 5) is 21.5. The predicted octanol–water partition coefficient (Wildman–Crippen LogP) is 1.79. The molecule has 0 aliphatic carbocycles. The SMILES string of the molecule is C[C@@H]1NC(=O)C[C@@H]1[C@@H](C)CCCCC(=O)O. The second-order valence-electron chi connectivity index (χ2n) is 4.84. The summed E-state index contributed by atoms with van der Waals surface area (Å²) >= 11 is 0. The van der Waals surface area contributed by atoms with Crippen LogP contribution < -0.4 is 5.32 Å². The molecule has 1 fully saturated rings. The lowest BCUT2D eigenvalue weighted by atomic mass is 9.85. The Bertz CT molecular complexity index is 265. The van der Waals surface area contributed by atoms with E-state index in [2.05, 4.69) is 12.2 Å². The van der Waals surface area contributed by atoms with Crippen molar-refractivity contribution >= 4 is 11.9 Å². The van der Waals surface area contributed by atoms with E-state index < -0.39 is 5.97 Å². The first-order valence-electron chi connectivity index (χ1n) is 6.02. The first-order valence-corrected chi connectivity index (χ1v) is 6.02. The van der Waals surface area contributed by atoms with Crippen molar-refractivity contribution in [2.24, 2.45) is 11.8 Å². The van der Waals surface area contributed by atoms with E-state index in [0.29, 0.717) is 18.3 Å². The third-order valence-electron chi connectivity index (χ3n) is 3.48. The predicted molar refractivity (Wildman–Crippen MR) is 61.0 cm³/mol. The van der Waals surface area contributed by atoms with E-state index in [-0.39, 0.29) is 18.4 Å². The Morgan fingerprint density at radius 1 is 1.56 bits per heavy atom. The standard InChI is InChI=1S/C12H21NO3/c1-8(5-3-4-6-12(15)16)10-7-11(14)13-9(10)2/h8-10H,3-7H2,1-2H3,(H,13,14)(H,15,16)/t8-,9-,10+/m0/s1. The fourth-order valence-electron chi connectivity index (χ4n) is 2.46. The zero-order chi connectivity index (χ0) is 12.1. The van der Waals surface area contributed by atoms with Crippen molar-refractivity contribution in [1.82, 2.24) is 5.32 Å². The summed E-state index contributed by atoms with van der Waals surface area (Å²) in [5, 5.41) is 11.4. The maximum absolute atomic E-state index is 11.2. The van der Waals surface area contributed by atoms with Crippen molar-refractivity contribution in [3.05, 3.63) is 0 Å². The Morgan fingerprint density at radius 2 is 2.25 bits per heavy atom. The molecule has 0 unspecified atom stereocenters. The van der Waals surface area contributed by atoms with Gasteiger partial charge in [-0.25, -0.2) is 0 Å². The third-order valence-corrected chi connectivity index (χ3v) is 3.48. The number of hydrogen-bond acceptors (Lipinski definition) is 2. The van der Waals surface area contributed by atoms with Gasteiger partial charge in [0.05, 0.1) is 0 Å². The summed E-state index contributed by atoms with van der Waals surface area (Å²) in [5.41, 5.74) is 0. The zero-order valence-corrected chi connectivity index (χ0v) is 10.0. The van der Waals surface area contributed by atoms with Gasteiger partial charge in [-0.15, -0.1) is 0 Å². The van der Waals surface area contributed by atoms with Gasteiger partial charge in [0.1, 0.15) is 0 Å². The number of nitrogens with one attached hydrogen (secondary N) is 1. The molecular weight excluding hydrogens is 206 g/mol. The molecule has 2 N–H and O–H groups in total. The molecule has 1 amide bonds. The summed E-state index contributed by atoms with van der Waals surface area (Å²) in [5.74, 6) is 0.327. The van der Waals surface area contributed by atoms with Crippen LogP contribution >= 0.6 is 0 Å². The molecule has 16 heavy (non-hydrogen) atoms. The van der Waals surface area contributed by atoms with Gasteiger partial charge in [-0.1, -0.05) is 19.8 Å². The Hall–Kier alpha value is -1.06. The Labute approximate surface area is 96.4 Å². The number of hydrogen-bond donors (Lipinski definition) is 2. The van der Waals surface area contributed by atoms with Gasteiger partial charge in [0.25, 0.3) is 0 Å². The molecule has 3 atom stereocenters. The minimum absolute atomic E-state index is 0.148. The smallest absolute Gasteiger partial charge is 0.303 e. The fourth-order valence-corrected chi connectivity index (χ4v) is 2.46. The number of rotatable bonds is 6. The molecule has 4 nitrogen and oxygen atoms in total. The molecule has 0 bridgehead atoms. The molecule has 1 saturated heterocycles. The molecule has 0 aromatic heterocycles. The number of unbranched alkanes of at least 4 members (excludes halogenated alkanes) is 1. The molecule has 0 radical (unpaired) electrons. The van der Waals surface area contributed by atoms with Crippen LogP contribution in [0.2, 0.25) is 0 Å². The van der Waals surface area contributed by atoms with Crippen molar-refractivity contribution in [2.45, 2.75) is 52.0 Å². The van der Waals surface area contributed by atoms with Gasteiger partial charge < -0.3 is 10.4 Å². The maximum Gasteiger partial charge on any atom is 0.303 e. The average Bonchev–Trinajstić information content (AvgIpc) is 2.52. The minimum Gasteiger partial charge on any atom is -0.481 e. The van der Waals surface area contributed by atoms with Crippen LogP contribution in [0.4, 0.5) is 0 Å². The van der Waals surface area contributed by atoms with Crippen LogP contribution in [0.3, 0.4) is 0 Å². The van der Waals surface area contributed by atoms with Crippen LogP contribution in [0.1, 0.15) is 46.0 Å².